The molecule has 0 fully saturated rings. The van der Waals surface area contributed by atoms with Crippen molar-refractivity contribution in [1.82, 2.24) is 0 Å². The van der Waals surface area contributed by atoms with Crippen LogP contribution in [-0.2, 0) is 0 Å². The van der Waals surface area contributed by atoms with Crippen LogP contribution in [0.25, 0.3) is 0 Å². The Morgan fingerprint density at radius 1 is 0.957 bits per heavy atom. The van der Waals surface area contributed by atoms with Crippen molar-refractivity contribution in [2.24, 2.45) is 0 Å². The lowest BCUT2D eigenvalue weighted by Crippen LogP contribution is -2.09. The highest BCUT2D eigenvalue weighted by atomic mass is 32.1. The molecule has 0 aliphatic carbocycles. The molecule has 1 N–H and O–H groups in total. The van der Waals surface area contributed by atoms with Crippen molar-refractivity contribution < 1.29 is 9.53 Å². The Labute approximate surface area is 139 Å². The minimum Gasteiger partial charge on any atom is -0.457 e. The van der Waals surface area contributed by atoms with Crippen LogP contribution in [-0.4, -0.2) is 5.91 Å². The van der Waals surface area contributed by atoms with E-state index in [2.05, 4.69) is 5.32 Å². The Hall–Kier alpha value is -2.59. The highest BCUT2D eigenvalue weighted by Crippen LogP contribution is 2.24. The van der Waals surface area contributed by atoms with Crippen LogP contribution in [0.1, 0.15) is 20.1 Å². The molecule has 4 heteroatoms. The van der Waals surface area contributed by atoms with Crippen LogP contribution in [0, 0.1) is 13.8 Å². The Kier molecular flexibility index (Phi) is 4.44. The van der Waals surface area contributed by atoms with Gasteiger partial charge in [-0.25, -0.2) is 0 Å². The molecule has 0 saturated carbocycles. The number of carbonyl (C=O) groups excluding carboxylic acids is 1. The van der Waals surface area contributed by atoms with Crippen molar-refractivity contribution in [2.45, 2.75) is 13.8 Å². The fourth-order valence-electron chi connectivity index (χ4n) is 2.17. The van der Waals surface area contributed by atoms with Gasteiger partial charge >= 0.3 is 0 Å². The molecular formula is C19H17NO2S. The quantitative estimate of drug-likeness (QED) is 0.697. The first-order valence-corrected chi connectivity index (χ1v) is 8.14. The molecule has 3 aromatic rings. The fourth-order valence-corrected chi connectivity index (χ4v) is 2.93. The molecule has 0 aliphatic heterocycles. The van der Waals surface area contributed by atoms with Crippen LogP contribution in [0.3, 0.4) is 0 Å². The summed E-state index contributed by atoms with van der Waals surface area (Å²) in [5.41, 5.74) is 1.90. The second kappa shape index (κ2) is 6.67. The average Bonchev–Trinajstić information content (AvgIpc) is 2.96. The van der Waals surface area contributed by atoms with Crippen molar-refractivity contribution in [2.75, 3.05) is 5.32 Å². The summed E-state index contributed by atoms with van der Waals surface area (Å²) in [6.45, 7) is 4.01. The molecular weight excluding hydrogens is 306 g/mol. The maximum atomic E-state index is 12.1. The summed E-state index contributed by atoms with van der Waals surface area (Å²) in [6, 6.07) is 19.0. The molecule has 0 bridgehead atoms. The molecule has 0 atom stereocenters. The van der Waals surface area contributed by atoms with Crippen molar-refractivity contribution in [3.8, 4) is 11.5 Å². The molecule has 3 rings (SSSR count). The van der Waals surface area contributed by atoms with Gasteiger partial charge in [0.1, 0.15) is 11.5 Å². The highest BCUT2D eigenvalue weighted by Gasteiger charge is 2.08. The number of amides is 1. The number of hydrogen-bond acceptors (Lipinski definition) is 3. The standard InChI is InChI=1S/C19H17NO2S/c1-13-4-3-5-17(12-13)22-16-9-7-15(8-10-16)20-19(21)18-11-6-14(2)23-18/h3-12H,1-2H3,(H,20,21). The van der Waals surface area contributed by atoms with Crippen LogP contribution in [0.15, 0.2) is 60.7 Å². The second-order valence-electron chi connectivity index (χ2n) is 5.31. The molecule has 23 heavy (non-hydrogen) atoms. The molecule has 1 amide bonds. The van der Waals surface area contributed by atoms with Crippen LogP contribution >= 0.6 is 11.3 Å². The minimum atomic E-state index is -0.0875. The smallest absolute Gasteiger partial charge is 0.265 e. The van der Waals surface area contributed by atoms with Crippen LogP contribution in [0.4, 0.5) is 5.69 Å². The van der Waals surface area contributed by atoms with Gasteiger partial charge in [0, 0.05) is 10.6 Å². The van der Waals surface area contributed by atoms with Gasteiger partial charge in [-0.15, -0.1) is 11.3 Å². The number of nitrogens with one attached hydrogen (secondary N) is 1. The summed E-state index contributed by atoms with van der Waals surface area (Å²) in [7, 11) is 0. The predicted molar refractivity (Wildman–Crippen MR) is 94.7 cm³/mol. The zero-order valence-corrected chi connectivity index (χ0v) is 13.8. The maximum Gasteiger partial charge on any atom is 0.265 e. The van der Waals surface area contributed by atoms with Gasteiger partial charge in [-0.05, 0) is 67.9 Å². The monoisotopic (exact) mass is 323 g/mol. The van der Waals surface area contributed by atoms with Gasteiger partial charge in [0.2, 0.25) is 0 Å². The third-order valence-electron chi connectivity index (χ3n) is 3.30. The lowest BCUT2D eigenvalue weighted by molar-refractivity contribution is 0.103. The van der Waals surface area contributed by atoms with E-state index in [1.807, 2.05) is 74.5 Å². The fraction of sp³-hybridized carbons (Fsp3) is 0.105. The van der Waals surface area contributed by atoms with E-state index in [0.29, 0.717) is 4.88 Å². The van der Waals surface area contributed by atoms with E-state index in [4.69, 9.17) is 4.74 Å². The SMILES string of the molecule is Cc1cccc(Oc2ccc(NC(=O)c3ccc(C)s3)cc2)c1. The topological polar surface area (TPSA) is 38.3 Å². The van der Waals surface area contributed by atoms with E-state index in [9.17, 15) is 4.79 Å². The van der Waals surface area contributed by atoms with Crippen molar-refractivity contribution in [3.63, 3.8) is 0 Å². The molecule has 0 saturated heterocycles. The molecule has 1 aromatic heterocycles. The minimum absolute atomic E-state index is 0.0875. The summed E-state index contributed by atoms with van der Waals surface area (Å²) >= 11 is 1.48. The second-order valence-corrected chi connectivity index (χ2v) is 6.60. The summed E-state index contributed by atoms with van der Waals surface area (Å²) in [4.78, 5) is 13.9. The lowest BCUT2D eigenvalue weighted by atomic mass is 10.2. The van der Waals surface area contributed by atoms with Gasteiger partial charge in [0.25, 0.3) is 5.91 Å². The number of thiophene rings is 1. The van der Waals surface area contributed by atoms with Gasteiger partial charge in [-0.1, -0.05) is 12.1 Å². The zero-order valence-electron chi connectivity index (χ0n) is 13.0. The summed E-state index contributed by atoms with van der Waals surface area (Å²) in [6.07, 6.45) is 0. The Bertz CT molecular complexity index is 821. The number of rotatable bonds is 4. The van der Waals surface area contributed by atoms with Crippen molar-refractivity contribution >= 4 is 22.9 Å². The maximum absolute atomic E-state index is 12.1. The first-order valence-electron chi connectivity index (χ1n) is 7.32. The Morgan fingerprint density at radius 3 is 2.39 bits per heavy atom. The van der Waals surface area contributed by atoms with E-state index in [0.717, 1.165) is 27.6 Å². The molecule has 116 valence electrons. The normalized spacial score (nSPS) is 10.3. The molecule has 1 heterocycles. The van der Waals surface area contributed by atoms with E-state index in [-0.39, 0.29) is 5.91 Å². The number of anilines is 1. The van der Waals surface area contributed by atoms with Gasteiger partial charge in [-0.2, -0.15) is 0 Å². The first kappa shape index (κ1) is 15.3. The number of aryl methyl sites for hydroxylation is 2. The van der Waals surface area contributed by atoms with E-state index in [1.54, 1.807) is 0 Å². The zero-order chi connectivity index (χ0) is 16.2. The Balaban J connectivity index is 1.66. The molecule has 0 unspecified atom stereocenters. The van der Waals surface area contributed by atoms with Gasteiger partial charge < -0.3 is 10.1 Å². The van der Waals surface area contributed by atoms with Crippen LogP contribution in [0.2, 0.25) is 0 Å². The number of ether oxygens (including phenoxy) is 1. The van der Waals surface area contributed by atoms with E-state index < -0.39 is 0 Å². The van der Waals surface area contributed by atoms with Crippen LogP contribution in [0.5, 0.6) is 11.5 Å². The van der Waals surface area contributed by atoms with Gasteiger partial charge in [0.05, 0.1) is 4.88 Å². The van der Waals surface area contributed by atoms with E-state index >= 15 is 0 Å². The van der Waals surface area contributed by atoms with Gasteiger partial charge in [-0.3, -0.25) is 4.79 Å². The number of carbonyl (C=O) groups is 1. The molecule has 3 nitrogen and oxygen atoms in total. The lowest BCUT2D eigenvalue weighted by Gasteiger charge is -2.08. The van der Waals surface area contributed by atoms with Crippen molar-refractivity contribution in [1.29, 1.82) is 0 Å². The highest BCUT2D eigenvalue weighted by molar-refractivity contribution is 7.14. The summed E-state index contributed by atoms with van der Waals surface area (Å²) in [5, 5.41) is 2.89. The summed E-state index contributed by atoms with van der Waals surface area (Å²) < 4.78 is 5.80. The molecule has 0 aliphatic rings. The third kappa shape index (κ3) is 3.99. The largest absolute Gasteiger partial charge is 0.457 e. The van der Waals surface area contributed by atoms with Crippen molar-refractivity contribution in [3.05, 3.63) is 76.0 Å². The first-order chi connectivity index (χ1) is 11.1. The average molecular weight is 323 g/mol. The number of hydrogen-bond donors (Lipinski definition) is 1. The Morgan fingerprint density at radius 2 is 1.74 bits per heavy atom. The number of benzene rings is 2. The molecule has 2 aromatic carbocycles. The van der Waals surface area contributed by atoms with Gasteiger partial charge in [0.15, 0.2) is 0 Å². The van der Waals surface area contributed by atoms with E-state index in [1.165, 1.54) is 11.3 Å². The summed E-state index contributed by atoms with van der Waals surface area (Å²) in [5.74, 6) is 1.45. The predicted octanol–water partition coefficient (Wildman–Crippen LogP) is 5.41. The third-order valence-corrected chi connectivity index (χ3v) is 4.30. The van der Waals surface area contributed by atoms with Crippen LogP contribution < -0.4 is 10.1 Å². The molecule has 0 spiro atoms. The molecule has 0 radical (unpaired) electrons.